The molecule has 2 unspecified atom stereocenters. The van der Waals surface area contributed by atoms with Crippen molar-refractivity contribution >= 4 is 11.9 Å². The lowest BCUT2D eigenvalue weighted by molar-refractivity contribution is -0.140. The molecule has 5 heteroatoms. The maximum Gasteiger partial charge on any atom is 0.313 e. The first-order chi connectivity index (χ1) is 12.0. The normalized spacial score (nSPS) is 19.9. The second-order valence-corrected chi connectivity index (χ2v) is 6.61. The molecular formula is C20H23NO4. The van der Waals surface area contributed by atoms with Gasteiger partial charge in [-0.15, -0.1) is 0 Å². The maximum absolute atomic E-state index is 13.0. The molecule has 1 aromatic heterocycles. The van der Waals surface area contributed by atoms with Crippen LogP contribution in [0.5, 0.6) is 0 Å². The highest BCUT2D eigenvalue weighted by Gasteiger charge is 2.35. The van der Waals surface area contributed by atoms with Crippen LogP contribution in [0.15, 0.2) is 41.0 Å². The highest BCUT2D eigenvalue weighted by Crippen LogP contribution is 2.34. The van der Waals surface area contributed by atoms with E-state index in [1.807, 2.05) is 17.0 Å². The third-order valence-electron chi connectivity index (χ3n) is 4.97. The Morgan fingerprint density at radius 2 is 2.04 bits per heavy atom. The van der Waals surface area contributed by atoms with Crippen molar-refractivity contribution in [2.24, 2.45) is 0 Å². The fourth-order valence-corrected chi connectivity index (χ4v) is 3.61. The number of rotatable bonds is 4. The third-order valence-corrected chi connectivity index (χ3v) is 4.97. The molecule has 132 valence electrons. The Hall–Kier alpha value is -2.56. The Kier molecular flexibility index (Phi) is 4.93. The van der Waals surface area contributed by atoms with Gasteiger partial charge in [0.15, 0.2) is 0 Å². The van der Waals surface area contributed by atoms with E-state index in [1.54, 1.807) is 6.07 Å². The molecule has 1 saturated heterocycles. The van der Waals surface area contributed by atoms with E-state index in [4.69, 9.17) is 4.42 Å². The zero-order chi connectivity index (χ0) is 18.0. The Morgan fingerprint density at radius 3 is 2.76 bits per heavy atom. The fraction of sp³-hybridized carbons (Fsp3) is 0.400. The lowest BCUT2D eigenvalue weighted by Crippen LogP contribution is -2.34. The molecule has 1 aliphatic rings. The van der Waals surface area contributed by atoms with Crippen molar-refractivity contribution in [1.29, 1.82) is 0 Å². The molecule has 0 bridgehead atoms. The van der Waals surface area contributed by atoms with Crippen LogP contribution in [0.2, 0.25) is 0 Å². The summed E-state index contributed by atoms with van der Waals surface area (Å²) in [6.45, 7) is 4.85. The molecule has 1 aromatic carbocycles. The van der Waals surface area contributed by atoms with Gasteiger partial charge in [-0.1, -0.05) is 24.3 Å². The molecule has 1 fully saturated rings. The summed E-state index contributed by atoms with van der Waals surface area (Å²) in [5.41, 5.74) is 3.00. The molecule has 5 nitrogen and oxygen atoms in total. The van der Waals surface area contributed by atoms with Crippen LogP contribution in [0.3, 0.4) is 0 Å². The van der Waals surface area contributed by atoms with Crippen molar-refractivity contribution in [3.63, 3.8) is 0 Å². The van der Waals surface area contributed by atoms with E-state index in [1.165, 1.54) is 24.5 Å². The Morgan fingerprint density at radius 1 is 1.28 bits per heavy atom. The summed E-state index contributed by atoms with van der Waals surface area (Å²) in [5.74, 6) is 0.187. The van der Waals surface area contributed by atoms with Gasteiger partial charge in [0, 0.05) is 18.5 Å². The average Bonchev–Trinajstić information content (AvgIpc) is 3.21. The number of carbonyl (C=O) groups excluding carboxylic acids is 2. The maximum atomic E-state index is 13.0. The van der Waals surface area contributed by atoms with Crippen molar-refractivity contribution in [3.05, 3.63) is 59.0 Å². The summed E-state index contributed by atoms with van der Waals surface area (Å²) < 4.78 is 10.0. The zero-order valence-electron chi connectivity index (χ0n) is 14.8. The van der Waals surface area contributed by atoms with Crippen LogP contribution in [-0.2, 0) is 16.0 Å². The minimum absolute atomic E-state index is 0.0337. The lowest BCUT2D eigenvalue weighted by Gasteiger charge is -2.21. The van der Waals surface area contributed by atoms with Crippen LogP contribution < -0.4 is 0 Å². The van der Waals surface area contributed by atoms with Crippen LogP contribution in [-0.4, -0.2) is 36.5 Å². The van der Waals surface area contributed by atoms with Gasteiger partial charge in [-0.05, 0) is 37.5 Å². The highest BCUT2D eigenvalue weighted by molar-refractivity contribution is 5.96. The minimum Gasteiger partial charge on any atom is -0.469 e. The van der Waals surface area contributed by atoms with Crippen molar-refractivity contribution < 1.29 is 18.7 Å². The number of amides is 1. The van der Waals surface area contributed by atoms with E-state index in [0.717, 1.165) is 6.42 Å². The van der Waals surface area contributed by atoms with E-state index < -0.39 is 5.97 Å². The zero-order valence-corrected chi connectivity index (χ0v) is 14.8. The number of ether oxygens (including phenoxy) is 1. The Balaban J connectivity index is 1.79. The number of carbonyl (C=O) groups is 2. The molecule has 0 aliphatic carbocycles. The summed E-state index contributed by atoms with van der Waals surface area (Å²) in [5, 5.41) is 0. The number of likely N-dealkylation sites (tertiary alicyclic amines) is 1. The van der Waals surface area contributed by atoms with Gasteiger partial charge >= 0.3 is 5.97 Å². The number of hydrogen-bond acceptors (Lipinski definition) is 4. The molecule has 1 aliphatic heterocycles. The monoisotopic (exact) mass is 341 g/mol. The summed E-state index contributed by atoms with van der Waals surface area (Å²) in [7, 11) is 1.32. The lowest BCUT2D eigenvalue weighted by atomic mass is 9.93. The van der Waals surface area contributed by atoms with Gasteiger partial charge in [0.05, 0.1) is 18.9 Å². The van der Waals surface area contributed by atoms with E-state index in [9.17, 15) is 9.59 Å². The predicted molar refractivity (Wildman–Crippen MR) is 93.5 cm³/mol. The van der Waals surface area contributed by atoms with Gasteiger partial charge in [-0.2, -0.15) is 0 Å². The quantitative estimate of drug-likeness (QED) is 0.801. The summed E-state index contributed by atoms with van der Waals surface area (Å²) in [4.78, 5) is 26.4. The van der Waals surface area contributed by atoms with Gasteiger partial charge in [0.2, 0.25) is 0 Å². The first-order valence-electron chi connectivity index (χ1n) is 8.51. The van der Waals surface area contributed by atoms with Crippen LogP contribution in [0.25, 0.3) is 0 Å². The molecule has 0 saturated carbocycles. The molecule has 1 amide bonds. The molecule has 2 heterocycles. The summed E-state index contributed by atoms with van der Waals surface area (Å²) in [6.07, 6.45) is 2.35. The number of benzene rings is 1. The molecule has 2 aromatic rings. The second-order valence-electron chi connectivity index (χ2n) is 6.61. The number of aryl methyl sites for hydroxylation is 1. The molecule has 0 spiro atoms. The number of methoxy groups -OCH3 is 1. The van der Waals surface area contributed by atoms with Crippen molar-refractivity contribution in [1.82, 2.24) is 4.90 Å². The predicted octanol–water partition coefficient (Wildman–Crippen LogP) is 3.32. The molecule has 25 heavy (non-hydrogen) atoms. The smallest absolute Gasteiger partial charge is 0.313 e. The molecule has 2 atom stereocenters. The average molecular weight is 341 g/mol. The van der Waals surface area contributed by atoms with Crippen molar-refractivity contribution in [3.8, 4) is 0 Å². The van der Waals surface area contributed by atoms with Crippen LogP contribution in [0, 0.1) is 6.92 Å². The van der Waals surface area contributed by atoms with E-state index >= 15 is 0 Å². The van der Waals surface area contributed by atoms with E-state index in [-0.39, 0.29) is 18.4 Å². The Labute approximate surface area is 147 Å². The van der Waals surface area contributed by atoms with Gasteiger partial charge in [-0.3, -0.25) is 9.59 Å². The number of hydrogen-bond donors (Lipinski definition) is 0. The van der Waals surface area contributed by atoms with Gasteiger partial charge in [0.1, 0.15) is 12.2 Å². The number of furan rings is 1. The minimum atomic E-state index is -0.420. The largest absolute Gasteiger partial charge is 0.469 e. The number of nitrogens with zero attached hydrogens (tertiary/aromatic N) is 1. The summed E-state index contributed by atoms with van der Waals surface area (Å²) >= 11 is 0. The molecule has 3 rings (SSSR count). The Bertz CT molecular complexity index is 780. The highest BCUT2D eigenvalue weighted by atomic mass is 16.5. The molecule has 0 radical (unpaired) electrons. The fourth-order valence-electron chi connectivity index (χ4n) is 3.61. The van der Waals surface area contributed by atoms with E-state index in [2.05, 4.69) is 30.7 Å². The van der Waals surface area contributed by atoms with E-state index in [0.29, 0.717) is 23.8 Å². The molecular weight excluding hydrogens is 318 g/mol. The first kappa shape index (κ1) is 17.3. The molecule has 0 N–H and O–H groups in total. The first-order valence-corrected chi connectivity index (χ1v) is 8.51. The van der Waals surface area contributed by atoms with Crippen LogP contribution >= 0.6 is 0 Å². The third kappa shape index (κ3) is 3.45. The topological polar surface area (TPSA) is 59.8 Å². The number of esters is 1. The van der Waals surface area contributed by atoms with Gasteiger partial charge < -0.3 is 14.1 Å². The van der Waals surface area contributed by atoms with Crippen LogP contribution in [0.4, 0.5) is 0 Å². The van der Waals surface area contributed by atoms with Gasteiger partial charge in [0.25, 0.3) is 5.91 Å². The van der Waals surface area contributed by atoms with Gasteiger partial charge in [-0.25, -0.2) is 0 Å². The van der Waals surface area contributed by atoms with Crippen molar-refractivity contribution in [2.75, 3.05) is 13.7 Å². The SMILES string of the molecule is COC(=O)Cc1occc1C(=O)N1CC(c2ccccc2C)CC1C. The second kappa shape index (κ2) is 7.13. The standard InChI is InChI=1S/C20H23NO4/c1-13-6-4-5-7-16(13)15-10-14(2)21(12-15)20(23)17-8-9-25-18(17)11-19(22)24-3/h4-9,14-15H,10-12H2,1-3H3. The van der Waals surface area contributed by atoms with Crippen LogP contribution in [0.1, 0.15) is 46.5 Å². The summed E-state index contributed by atoms with van der Waals surface area (Å²) in [6, 6.07) is 10.1. The van der Waals surface area contributed by atoms with Crippen molar-refractivity contribution in [2.45, 2.75) is 38.6 Å².